The molecule has 2 aromatic heterocycles. The number of carbonyl (C=O) groups excluding carboxylic acids is 3. The van der Waals surface area contributed by atoms with Gasteiger partial charge < -0.3 is 9.74 Å². The first-order valence-electron chi connectivity index (χ1n) is 11.8. The van der Waals surface area contributed by atoms with Gasteiger partial charge in [0, 0.05) is 23.9 Å². The highest BCUT2D eigenvalue weighted by atomic mass is 32.2. The third-order valence-electron chi connectivity index (χ3n) is 7.54. The van der Waals surface area contributed by atoms with Crippen LogP contribution in [0.3, 0.4) is 0 Å². The number of ketones is 1. The van der Waals surface area contributed by atoms with E-state index in [1.54, 1.807) is 23.3 Å². The van der Waals surface area contributed by atoms with Crippen molar-refractivity contribution in [1.82, 2.24) is 19.9 Å². The number of thioether (sulfide) groups is 1. The van der Waals surface area contributed by atoms with Crippen LogP contribution in [0.1, 0.15) is 34.6 Å². The summed E-state index contributed by atoms with van der Waals surface area (Å²) in [5, 5.41) is 2.93. The predicted octanol–water partition coefficient (Wildman–Crippen LogP) is 3.82. The van der Waals surface area contributed by atoms with E-state index in [9.17, 15) is 14.4 Å². The summed E-state index contributed by atoms with van der Waals surface area (Å²) in [5.41, 5.74) is 1.71. The molecule has 2 unspecified atom stereocenters. The van der Waals surface area contributed by atoms with Crippen molar-refractivity contribution in [3.63, 3.8) is 0 Å². The maximum atomic E-state index is 13.6. The molecule has 2 aromatic rings. The molecule has 0 saturated carbocycles. The molecule has 4 heterocycles. The standard InChI is InChI=1S/C25H32N4O4SSi/c1-14(19-18(23(32)28-19)15(2)33-35(6,7)25(3,4)5)21(31)22-17(12-30)29-13-27-20(24(29)34-22)16-9-8-10-26-11-16/h8-11,13-15,18-19,22H,1-7H3,(H,28,32)/t14?,15-,18-,19-,22?/m1/s1. The first kappa shape index (κ1) is 25.6. The highest BCUT2D eigenvalue weighted by Crippen LogP contribution is 2.45. The summed E-state index contributed by atoms with van der Waals surface area (Å²) in [7, 11) is -2.09. The van der Waals surface area contributed by atoms with Crippen LogP contribution in [0.15, 0.2) is 35.9 Å². The SMILES string of the molecule is CC(C(=O)C1Sc2c(-c3cccnc3)ncn2C1=C=O)[C@H]1NC(=O)[C@@H]1[C@@H](C)O[Si](C)(C)C(C)(C)C. The molecule has 186 valence electrons. The van der Waals surface area contributed by atoms with Crippen LogP contribution < -0.4 is 5.32 Å². The van der Waals surface area contributed by atoms with Gasteiger partial charge in [-0.1, -0.05) is 39.5 Å². The van der Waals surface area contributed by atoms with Gasteiger partial charge in [0.1, 0.15) is 33.9 Å². The van der Waals surface area contributed by atoms with Gasteiger partial charge in [0.2, 0.25) is 5.91 Å². The van der Waals surface area contributed by atoms with Gasteiger partial charge in [0.05, 0.1) is 18.1 Å². The summed E-state index contributed by atoms with van der Waals surface area (Å²) in [4.78, 5) is 46.7. The van der Waals surface area contributed by atoms with E-state index in [-0.39, 0.29) is 34.6 Å². The van der Waals surface area contributed by atoms with Gasteiger partial charge in [-0.25, -0.2) is 9.78 Å². The normalized spacial score (nSPS) is 23.7. The quantitative estimate of drug-likeness (QED) is 0.342. The van der Waals surface area contributed by atoms with Crippen molar-refractivity contribution in [2.45, 2.75) is 75.2 Å². The molecule has 0 aliphatic carbocycles. The smallest absolute Gasteiger partial charge is 0.228 e. The Morgan fingerprint density at radius 2 is 2.03 bits per heavy atom. The number of Topliss-reactive ketones (excluding diaryl/α,β-unsaturated/α-hetero) is 1. The monoisotopic (exact) mass is 512 g/mol. The first-order valence-corrected chi connectivity index (χ1v) is 15.6. The van der Waals surface area contributed by atoms with E-state index in [4.69, 9.17) is 4.43 Å². The Bertz CT molecular complexity index is 1200. The minimum atomic E-state index is -2.09. The maximum Gasteiger partial charge on any atom is 0.228 e. The number of hydrogen-bond donors (Lipinski definition) is 1. The second-order valence-electron chi connectivity index (χ2n) is 10.8. The number of carbonyl (C=O) groups is 2. The van der Waals surface area contributed by atoms with Crippen molar-refractivity contribution < 1.29 is 18.8 Å². The second-order valence-corrected chi connectivity index (χ2v) is 16.7. The number of amides is 1. The lowest BCUT2D eigenvalue weighted by molar-refractivity contribution is -0.144. The number of nitrogens with one attached hydrogen (secondary N) is 1. The van der Waals surface area contributed by atoms with Gasteiger partial charge >= 0.3 is 0 Å². The van der Waals surface area contributed by atoms with Crippen LogP contribution in [-0.4, -0.2) is 57.9 Å². The van der Waals surface area contributed by atoms with E-state index >= 15 is 0 Å². The fourth-order valence-electron chi connectivity index (χ4n) is 4.40. The molecule has 8 nitrogen and oxygen atoms in total. The molecule has 1 amide bonds. The number of rotatable bonds is 7. The molecule has 35 heavy (non-hydrogen) atoms. The molecule has 10 heteroatoms. The Labute approximate surface area is 211 Å². The maximum absolute atomic E-state index is 13.6. The molecule has 4 rings (SSSR count). The molecule has 0 aromatic carbocycles. The van der Waals surface area contributed by atoms with Crippen molar-refractivity contribution in [2.75, 3.05) is 0 Å². The zero-order chi connectivity index (χ0) is 25.7. The number of imidazole rings is 1. The van der Waals surface area contributed by atoms with Crippen molar-refractivity contribution in [3.8, 4) is 11.3 Å². The third-order valence-corrected chi connectivity index (χ3v) is 13.4. The van der Waals surface area contributed by atoms with E-state index in [2.05, 4.69) is 49.1 Å². The molecule has 1 fully saturated rings. The number of hydrogen-bond acceptors (Lipinski definition) is 7. The average molecular weight is 513 g/mol. The number of nitrogens with zero attached hydrogens (tertiary/aromatic N) is 3. The molecule has 0 radical (unpaired) electrons. The molecule has 1 N–H and O–H groups in total. The minimum absolute atomic E-state index is 0.00997. The summed E-state index contributed by atoms with van der Waals surface area (Å²) in [6, 6.07) is 3.35. The molecule has 5 atom stereocenters. The Hall–Kier alpha value is -2.52. The Kier molecular flexibility index (Phi) is 6.70. The minimum Gasteiger partial charge on any atom is -0.413 e. The summed E-state index contributed by atoms with van der Waals surface area (Å²) >= 11 is 1.30. The lowest BCUT2D eigenvalue weighted by atomic mass is 9.76. The van der Waals surface area contributed by atoms with Crippen LogP contribution in [0.4, 0.5) is 0 Å². The molecule has 0 bridgehead atoms. The van der Waals surface area contributed by atoms with Crippen LogP contribution in [-0.2, 0) is 18.8 Å². The van der Waals surface area contributed by atoms with Gasteiger partial charge in [-0.05, 0) is 37.2 Å². The van der Waals surface area contributed by atoms with E-state index in [1.165, 1.54) is 11.8 Å². The zero-order valence-corrected chi connectivity index (χ0v) is 23.0. The first-order chi connectivity index (χ1) is 16.4. The summed E-state index contributed by atoms with van der Waals surface area (Å²) in [5.74, 6) is 0.834. The molecule has 2 aliphatic rings. The lowest BCUT2D eigenvalue weighted by Gasteiger charge is -2.47. The zero-order valence-electron chi connectivity index (χ0n) is 21.2. The van der Waals surface area contributed by atoms with Crippen molar-refractivity contribution in [2.24, 2.45) is 11.8 Å². The van der Waals surface area contributed by atoms with E-state index in [0.717, 1.165) is 5.56 Å². The second kappa shape index (κ2) is 9.17. The highest BCUT2D eigenvalue weighted by molar-refractivity contribution is 8.01. The largest absolute Gasteiger partial charge is 0.413 e. The Balaban J connectivity index is 1.53. The molecule has 2 aliphatic heterocycles. The lowest BCUT2D eigenvalue weighted by Crippen LogP contribution is -2.67. The van der Waals surface area contributed by atoms with Gasteiger partial charge in [0.25, 0.3) is 0 Å². The Morgan fingerprint density at radius 1 is 1.31 bits per heavy atom. The summed E-state index contributed by atoms with van der Waals surface area (Å²) in [6.45, 7) is 14.5. The van der Waals surface area contributed by atoms with Crippen LogP contribution in [0.5, 0.6) is 0 Å². The summed E-state index contributed by atoms with van der Waals surface area (Å²) < 4.78 is 8.12. The number of aromatic nitrogens is 3. The van der Waals surface area contributed by atoms with E-state index < -0.39 is 25.4 Å². The fourth-order valence-corrected chi connectivity index (χ4v) is 7.20. The van der Waals surface area contributed by atoms with Gasteiger partial charge in [-0.15, -0.1) is 0 Å². The number of pyridine rings is 1. The summed E-state index contributed by atoms with van der Waals surface area (Å²) in [6.07, 6.45) is 4.62. The predicted molar refractivity (Wildman–Crippen MR) is 138 cm³/mol. The van der Waals surface area contributed by atoms with Crippen LogP contribution in [0.2, 0.25) is 18.1 Å². The average Bonchev–Trinajstić information content (AvgIpc) is 3.34. The van der Waals surface area contributed by atoms with Crippen LogP contribution in [0, 0.1) is 11.8 Å². The van der Waals surface area contributed by atoms with Crippen LogP contribution >= 0.6 is 11.8 Å². The Morgan fingerprint density at radius 3 is 2.60 bits per heavy atom. The molecule has 0 spiro atoms. The van der Waals surface area contributed by atoms with Crippen molar-refractivity contribution in [1.29, 1.82) is 0 Å². The topological polar surface area (TPSA) is 103 Å². The number of fused-ring (bicyclic) bond motifs is 1. The van der Waals surface area contributed by atoms with E-state index in [1.807, 2.05) is 31.9 Å². The van der Waals surface area contributed by atoms with Crippen LogP contribution in [0.25, 0.3) is 17.0 Å². The highest BCUT2D eigenvalue weighted by Gasteiger charge is 2.52. The van der Waals surface area contributed by atoms with E-state index in [0.29, 0.717) is 10.7 Å². The fraction of sp³-hybridized carbons (Fsp3) is 0.520. The third kappa shape index (κ3) is 4.44. The molecular weight excluding hydrogens is 480 g/mol. The van der Waals surface area contributed by atoms with Crippen molar-refractivity contribution >= 4 is 43.4 Å². The van der Waals surface area contributed by atoms with Gasteiger partial charge in [0.15, 0.2) is 14.1 Å². The van der Waals surface area contributed by atoms with Gasteiger partial charge in [-0.3, -0.25) is 19.1 Å². The molecular formula is C25H32N4O4SSi. The molecule has 1 saturated heterocycles. The van der Waals surface area contributed by atoms with Crippen molar-refractivity contribution in [3.05, 3.63) is 30.9 Å². The van der Waals surface area contributed by atoms with Gasteiger partial charge in [-0.2, -0.15) is 0 Å². The number of β-lactam (4-membered cyclic amide) rings is 1.